The Hall–Kier alpha value is -6.51. The number of benzene rings is 3. The molecule has 4 fully saturated rings. The maximum Gasteiger partial charge on any atom is 0.433 e. The van der Waals surface area contributed by atoms with E-state index in [4.69, 9.17) is 16.3 Å². The fraction of sp³-hybridized carbons (Fsp3) is 0.434. The van der Waals surface area contributed by atoms with Crippen molar-refractivity contribution in [2.45, 2.75) is 101 Å². The Balaban J connectivity index is 0.841. The van der Waals surface area contributed by atoms with Gasteiger partial charge in [-0.05, 0) is 96.5 Å². The summed E-state index contributed by atoms with van der Waals surface area (Å²) in [5, 5.41) is 11.8. The number of anilines is 2. The summed E-state index contributed by atoms with van der Waals surface area (Å²) in [5.74, 6) is 3.56. The number of aromatic nitrogens is 1. The maximum absolute atomic E-state index is 16.3. The summed E-state index contributed by atoms with van der Waals surface area (Å²) in [6.07, 6.45) is -0.230. The molecule has 370 valence electrons. The quantitative estimate of drug-likeness (QED) is 0.0823. The number of likely N-dealkylation sites (tertiary alicyclic amines) is 1. The molecule has 6 atom stereocenters. The van der Waals surface area contributed by atoms with Gasteiger partial charge in [0.15, 0.2) is 0 Å². The first kappa shape index (κ1) is 48.1. The van der Waals surface area contributed by atoms with Crippen LogP contribution in [0.3, 0.4) is 0 Å². The topological polar surface area (TPSA) is 162 Å². The molecule has 4 unspecified atom stereocenters. The number of carbonyl (C=O) groups is 5. The Morgan fingerprint density at radius 3 is 2.51 bits per heavy atom. The number of hydrogen-bond donors (Lipinski definition) is 4. The Kier molecular flexibility index (Phi) is 12.0. The predicted octanol–water partition coefficient (Wildman–Crippen LogP) is 7.82. The molecular formula is C53H52ClF4N7O6. The predicted molar refractivity (Wildman–Crippen MR) is 255 cm³/mol. The number of carbonyl (C=O) groups excluding carboxylic acids is 5. The van der Waals surface area contributed by atoms with Crippen LogP contribution in [0.5, 0.6) is 5.75 Å². The van der Waals surface area contributed by atoms with Crippen LogP contribution < -0.4 is 26.0 Å². The van der Waals surface area contributed by atoms with E-state index in [1.54, 1.807) is 47.4 Å². The lowest BCUT2D eigenvalue weighted by Gasteiger charge is -2.39. The number of nitrogens with zero attached hydrogens (tertiary/aromatic N) is 3. The number of imide groups is 1. The molecule has 5 amide bonds. The molecule has 5 aliphatic heterocycles. The molecule has 0 radical (unpaired) electrons. The van der Waals surface area contributed by atoms with Gasteiger partial charge >= 0.3 is 6.18 Å². The van der Waals surface area contributed by atoms with Gasteiger partial charge in [0.25, 0.3) is 11.8 Å². The number of pyridine rings is 1. The lowest BCUT2D eigenvalue weighted by molar-refractivity contribution is -0.141. The van der Waals surface area contributed by atoms with Crippen LogP contribution in [0.15, 0.2) is 66.9 Å². The summed E-state index contributed by atoms with van der Waals surface area (Å²) < 4.78 is 63.8. The zero-order valence-corrected chi connectivity index (χ0v) is 40.2. The van der Waals surface area contributed by atoms with Gasteiger partial charge in [-0.3, -0.25) is 34.3 Å². The number of rotatable bonds is 7. The summed E-state index contributed by atoms with van der Waals surface area (Å²) >= 11 is 6.37. The van der Waals surface area contributed by atoms with Gasteiger partial charge in [0, 0.05) is 90.0 Å². The van der Waals surface area contributed by atoms with Gasteiger partial charge in [-0.2, -0.15) is 13.2 Å². The molecule has 10 rings (SSSR count). The number of halogens is 5. The Morgan fingerprint density at radius 1 is 1.03 bits per heavy atom. The highest BCUT2D eigenvalue weighted by Crippen LogP contribution is 2.60. The summed E-state index contributed by atoms with van der Waals surface area (Å²) in [4.78, 5) is 73.6. The van der Waals surface area contributed by atoms with Gasteiger partial charge in [-0.1, -0.05) is 62.4 Å². The van der Waals surface area contributed by atoms with Crippen LogP contribution >= 0.6 is 11.6 Å². The molecule has 6 aliphatic rings. The minimum Gasteiger partial charge on any atom is -0.495 e. The first-order chi connectivity index (χ1) is 33.7. The zero-order valence-electron chi connectivity index (χ0n) is 39.5. The number of piperidine rings is 2. The third kappa shape index (κ3) is 8.56. The van der Waals surface area contributed by atoms with Crippen molar-refractivity contribution >= 4 is 52.5 Å². The number of methoxy groups -OCH3 is 1. The molecule has 71 heavy (non-hydrogen) atoms. The molecular weight excluding hydrogens is 942 g/mol. The van der Waals surface area contributed by atoms with Crippen molar-refractivity contribution in [1.29, 1.82) is 0 Å². The van der Waals surface area contributed by atoms with Crippen molar-refractivity contribution in [2.24, 2.45) is 16.7 Å². The van der Waals surface area contributed by atoms with E-state index in [0.717, 1.165) is 36.5 Å². The highest BCUT2D eigenvalue weighted by molar-refractivity contribution is 6.30. The second-order valence-electron chi connectivity index (χ2n) is 20.9. The SMILES string of the molecule is COc1cc(C(=O)N2CCC3(CC2)C[C@@H]3C#Cc2cccc3c2CN([C@H]2CCC(=O)NC2=O)C3=O)ccc1NC(=O)C1NC(CC(C)(C)C)C2(CNc3cc(C(F)(F)F)ncc32)C1c1cccc(Cl)c1F. The highest BCUT2D eigenvalue weighted by atomic mass is 35.5. The van der Waals surface area contributed by atoms with E-state index in [9.17, 15) is 37.1 Å². The van der Waals surface area contributed by atoms with Gasteiger partial charge in [0.1, 0.15) is 23.3 Å². The van der Waals surface area contributed by atoms with Crippen molar-refractivity contribution < 1.29 is 46.3 Å². The van der Waals surface area contributed by atoms with Crippen LogP contribution in [0.25, 0.3) is 0 Å². The fourth-order valence-electron chi connectivity index (χ4n) is 11.8. The molecule has 3 aromatic carbocycles. The second kappa shape index (κ2) is 17.7. The molecule has 0 bridgehead atoms. The van der Waals surface area contributed by atoms with Crippen molar-refractivity contribution in [1.82, 2.24) is 25.4 Å². The van der Waals surface area contributed by atoms with Crippen LogP contribution in [0.4, 0.5) is 28.9 Å². The summed E-state index contributed by atoms with van der Waals surface area (Å²) in [6.45, 7) is 7.37. The van der Waals surface area contributed by atoms with E-state index in [0.29, 0.717) is 36.2 Å². The molecule has 3 saturated heterocycles. The van der Waals surface area contributed by atoms with Crippen molar-refractivity contribution in [2.75, 3.05) is 37.4 Å². The summed E-state index contributed by atoms with van der Waals surface area (Å²) in [5.41, 5.74) is 0.761. The third-order valence-corrected chi connectivity index (χ3v) is 15.8. The molecule has 13 nitrogen and oxygen atoms in total. The molecule has 1 aliphatic carbocycles. The van der Waals surface area contributed by atoms with E-state index in [2.05, 4.69) is 38.1 Å². The zero-order chi connectivity index (χ0) is 50.4. The molecule has 2 spiro atoms. The van der Waals surface area contributed by atoms with Gasteiger partial charge < -0.3 is 30.5 Å². The lowest BCUT2D eigenvalue weighted by Crippen LogP contribution is -2.52. The van der Waals surface area contributed by atoms with Crippen molar-refractivity contribution in [3.05, 3.63) is 117 Å². The number of nitrogens with one attached hydrogen (secondary N) is 4. The maximum atomic E-state index is 16.3. The monoisotopic (exact) mass is 993 g/mol. The molecule has 4 N–H and O–H groups in total. The fourth-order valence-corrected chi connectivity index (χ4v) is 12.0. The first-order valence-corrected chi connectivity index (χ1v) is 24.2. The van der Waals surface area contributed by atoms with Gasteiger partial charge in [-0.15, -0.1) is 0 Å². The van der Waals surface area contributed by atoms with E-state index < -0.39 is 59.0 Å². The van der Waals surface area contributed by atoms with E-state index >= 15 is 4.39 Å². The standard InChI is InChI=1S/C53H52ClF4N7O6/c1-50(2,3)24-41-52(27-60-37-22-40(53(56,57)58)59-25-34(37)52)43(32-9-6-10-35(54)44(32)55)45(62-41)47(68)61-36-14-12-29(21-39(36)71-4)48(69)64-19-17-51(18-20-64)23-30(51)13-11-28-7-5-8-31-33(28)26-65(49(31)70)38-15-16-42(66)63-46(38)67/h5-10,12,14,21-22,25,30,38,41,43,45,60,62H,15-20,23-24,26-27H2,1-4H3,(H,61,68)(H,63,66,67)/t30-,38-,41?,43?,45?,52?/m0/s1. The van der Waals surface area contributed by atoms with Gasteiger partial charge in [0.05, 0.1) is 23.9 Å². The molecule has 1 saturated carbocycles. The van der Waals surface area contributed by atoms with Gasteiger partial charge in [-0.25, -0.2) is 4.39 Å². The van der Waals surface area contributed by atoms with E-state index in [-0.39, 0.29) is 88.1 Å². The number of alkyl halides is 3. The van der Waals surface area contributed by atoms with Crippen LogP contribution in [0.1, 0.15) is 114 Å². The van der Waals surface area contributed by atoms with Gasteiger partial charge in [0.2, 0.25) is 17.7 Å². The highest BCUT2D eigenvalue weighted by Gasteiger charge is 2.62. The average molecular weight is 994 g/mol. The molecule has 1 aromatic heterocycles. The van der Waals surface area contributed by atoms with E-state index in [1.807, 2.05) is 26.8 Å². The lowest BCUT2D eigenvalue weighted by atomic mass is 9.63. The van der Waals surface area contributed by atoms with Crippen LogP contribution in [0, 0.1) is 34.4 Å². The van der Waals surface area contributed by atoms with Crippen molar-refractivity contribution in [3.63, 3.8) is 0 Å². The summed E-state index contributed by atoms with van der Waals surface area (Å²) in [6, 6.07) is 13.3. The largest absolute Gasteiger partial charge is 0.495 e. The molecule has 18 heteroatoms. The smallest absolute Gasteiger partial charge is 0.433 e. The minimum absolute atomic E-state index is 0.0358. The third-order valence-electron chi connectivity index (χ3n) is 15.5. The Bertz CT molecular complexity index is 2980. The minimum atomic E-state index is -4.70. The van der Waals surface area contributed by atoms with Crippen LogP contribution in [-0.4, -0.2) is 89.2 Å². The molecule has 4 aromatic rings. The second-order valence-corrected chi connectivity index (χ2v) is 21.3. The first-order valence-electron chi connectivity index (χ1n) is 23.8. The van der Waals surface area contributed by atoms with Crippen LogP contribution in [0.2, 0.25) is 5.02 Å². The molecule has 6 heterocycles. The Morgan fingerprint density at radius 2 is 1.79 bits per heavy atom. The summed E-state index contributed by atoms with van der Waals surface area (Å²) in [7, 11) is 1.42. The number of hydrogen-bond acceptors (Lipinski definition) is 9. The Labute approximate surface area is 412 Å². The normalized spacial score (nSPS) is 25.3. The number of ether oxygens (including phenoxy) is 1. The van der Waals surface area contributed by atoms with E-state index in [1.165, 1.54) is 24.3 Å². The van der Waals surface area contributed by atoms with Crippen molar-refractivity contribution in [3.8, 4) is 17.6 Å². The van der Waals surface area contributed by atoms with Crippen LogP contribution in [-0.2, 0) is 32.5 Å². The average Bonchev–Trinajstić information content (AvgIpc) is 3.54. The number of amides is 5. The number of fused-ring (bicyclic) bond motifs is 3.